The molecule has 0 bridgehead atoms. The van der Waals surface area contributed by atoms with Crippen LogP contribution in [0, 0.1) is 4.77 Å². The monoisotopic (exact) mass is 349 g/mol. The zero-order chi connectivity index (χ0) is 17.7. The van der Waals surface area contributed by atoms with Crippen LogP contribution in [0.25, 0.3) is 10.9 Å². The minimum Gasteiger partial charge on any atom is -0.469 e. The summed E-state index contributed by atoms with van der Waals surface area (Å²) in [6.45, 7) is 0.459. The minimum absolute atomic E-state index is 0.205. The van der Waals surface area contributed by atoms with Gasteiger partial charge in [-0.15, -0.1) is 0 Å². The number of hydrogen-bond donors (Lipinski definition) is 2. The number of nitrogens with one attached hydrogen (secondary N) is 2. The summed E-state index contributed by atoms with van der Waals surface area (Å²) in [4.78, 5) is 38.2. The summed E-state index contributed by atoms with van der Waals surface area (Å²) in [6, 6.07) is 4.82. The maximum atomic E-state index is 12.2. The first kappa shape index (κ1) is 17.9. The summed E-state index contributed by atoms with van der Waals surface area (Å²) in [5.74, 6) is -0.498. The predicted molar refractivity (Wildman–Crippen MR) is 92.6 cm³/mol. The van der Waals surface area contributed by atoms with E-state index in [0.29, 0.717) is 47.0 Å². The van der Waals surface area contributed by atoms with Crippen LogP contribution in [0.3, 0.4) is 0 Å². The average molecular weight is 349 g/mol. The third-order valence-electron chi connectivity index (χ3n) is 3.68. The van der Waals surface area contributed by atoms with Crippen LogP contribution < -0.4 is 10.9 Å². The molecule has 1 heterocycles. The maximum absolute atomic E-state index is 12.2. The molecule has 7 nitrogen and oxygen atoms in total. The van der Waals surface area contributed by atoms with Gasteiger partial charge in [-0.25, -0.2) is 0 Å². The molecule has 0 spiro atoms. The van der Waals surface area contributed by atoms with Gasteiger partial charge in [-0.2, -0.15) is 0 Å². The van der Waals surface area contributed by atoms with Crippen molar-refractivity contribution in [1.82, 2.24) is 14.9 Å². The number of amides is 1. The second-order valence-electron chi connectivity index (χ2n) is 5.34. The lowest BCUT2D eigenvalue weighted by Gasteiger charge is -2.07. The normalized spacial score (nSPS) is 10.6. The van der Waals surface area contributed by atoms with Crippen LogP contribution in [0.2, 0.25) is 0 Å². The van der Waals surface area contributed by atoms with Crippen LogP contribution in [0.4, 0.5) is 0 Å². The topological polar surface area (TPSA) is 93.2 Å². The molecule has 24 heavy (non-hydrogen) atoms. The fraction of sp³-hybridized carbons (Fsp3) is 0.375. The van der Waals surface area contributed by atoms with E-state index in [1.807, 2.05) is 0 Å². The number of fused-ring (bicyclic) bond motifs is 1. The van der Waals surface area contributed by atoms with Crippen LogP contribution in [0.5, 0.6) is 0 Å². The van der Waals surface area contributed by atoms with E-state index in [4.69, 9.17) is 12.2 Å². The van der Waals surface area contributed by atoms with Gasteiger partial charge in [0.15, 0.2) is 4.77 Å². The van der Waals surface area contributed by atoms with Crippen LogP contribution in [0.15, 0.2) is 23.0 Å². The predicted octanol–water partition coefficient (Wildman–Crippen LogP) is 1.67. The Morgan fingerprint density at radius 3 is 2.79 bits per heavy atom. The lowest BCUT2D eigenvalue weighted by Crippen LogP contribution is -2.25. The van der Waals surface area contributed by atoms with Gasteiger partial charge < -0.3 is 15.0 Å². The molecular formula is C16H19N3O4S. The number of hydrogen-bond acceptors (Lipinski definition) is 5. The molecule has 0 aliphatic rings. The largest absolute Gasteiger partial charge is 0.469 e. The fourth-order valence-electron chi connectivity index (χ4n) is 2.25. The number of aromatic amines is 1. The zero-order valence-corrected chi connectivity index (χ0v) is 14.4. The second kappa shape index (κ2) is 7.87. The van der Waals surface area contributed by atoms with Gasteiger partial charge in [0.1, 0.15) is 0 Å². The number of unbranched alkanes of at least 4 members (excludes halogenated alkanes) is 1. The highest BCUT2D eigenvalue weighted by Crippen LogP contribution is 2.10. The molecule has 2 aromatic rings. The molecule has 0 saturated carbocycles. The lowest BCUT2D eigenvalue weighted by atomic mass is 10.1. The molecule has 1 amide bonds. The molecule has 1 aromatic heterocycles. The summed E-state index contributed by atoms with van der Waals surface area (Å²) in [7, 11) is 2.94. The standard InChI is InChI=1S/C16H19N3O4S/c1-19-15(22)11-7-6-10(9-12(11)18-16(19)24)14(21)17-8-4-3-5-13(20)23-2/h6-7,9H,3-5,8H2,1-2H3,(H,17,21)(H,18,24). The first-order chi connectivity index (χ1) is 11.4. The van der Waals surface area contributed by atoms with E-state index < -0.39 is 0 Å². The number of carbonyl (C=O) groups excluding carboxylic acids is 2. The number of methoxy groups -OCH3 is 1. The smallest absolute Gasteiger partial charge is 0.305 e. The number of ether oxygens (including phenoxy) is 1. The van der Waals surface area contributed by atoms with Crippen LogP contribution in [0.1, 0.15) is 29.6 Å². The quantitative estimate of drug-likeness (QED) is 0.470. The summed E-state index contributed by atoms with van der Waals surface area (Å²) in [6.07, 6.45) is 1.66. The van der Waals surface area contributed by atoms with Crippen LogP contribution in [-0.2, 0) is 16.6 Å². The molecule has 2 rings (SSSR count). The Morgan fingerprint density at radius 2 is 2.08 bits per heavy atom. The molecule has 0 unspecified atom stereocenters. The molecule has 128 valence electrons. The highest BCUT2D eigenvalue weighted by molar-refractivity contribution is 7.71. The van der Waals surface area contributed by atoms with Crippen molar-refractivity contribution in [2.75, 3.05) is 13.7 Å². The molecular weight excluding hydrogens is 330 g/mol. The third-order valence-corrected chi connectivity index (χ3v) is 4.06. The molecule has 0 aliphatic heterocycles. The first-order valence-electron chi connectivity index (χ1n) is 7.52. The van der Waals surface area contributed by atoms with E-state index >= 15 is 0 Å². The first-order valence-corrected chi connectivity index (χ1v) is 7.93. The summed E-state index contributed by atoms with van der Waals surface area (Å²) in [5.41, 5.74) is 0.763. The summed E-state index contributed by atoms with van der Waals surface area (Å²) in [5, 5.41) is 3.25. The maximum Gasteiger partial charge on any atom is 0.305 e. The SMILES string of the molecule is COC(=O)CCCCNC(=O)c1ccc2c(=O)n(C)c(=S)[nH]c2c1. The Morgan fingerprint density at radius 1 is 1.33 bits per heavy atom. The van der Waals surface area contributed by atoms with E-state index in [9.17, 15) is 14.4 Å². The summed E-state index contributed by atoms with van der Waals surface area (Å²) >= 11 is 5.08. The van der Waals surface area contributed by atoms with Crippen molar-refractivity contribution < 1.29 is 14.3 Å². The second-order valence-corrected chi connectivity index (χ2v) is 5.73. The number of aromatic nitrogens is 2. The van der Waals surface area contributed by atoms with Crippen molar-refractivity contribution in [1.29, 1.82) is 0 Å². The molecule has 0 radical (unpaired) electrons. The molecule has 1 aromatic carbocycles. The van der Waals surface area contributed by atoms with E-state index in [0.717, 1.165) is 0 Å². The number of esters is 1. The van der Waals surface area contributed by atoms with Gasteiger partial charge in [0, 0.05) is 25.6 Å². The fourth-order valence-corrected chi connectivity index (χ4v) is 2.44. The van der Waals surface area contributed by atoms with Crippen molar-refractivity contribution in [3.05, 3.63) is 38.9 Å². The molecule has 0 fully saturated rings. The van der Waals surface area contributed by atoms with Crippen molar-refractivity contribution in [2.24, 2.45) is 7.05 Å². The molecule has 0 aliphatic carbocycles. The number of benzene rings is 1. The highest BCUT2D eigenvalue weighted by Gasteiger charge is 2.09. The Balaban J connectivity index is 2.03. The average Bonchev–Trinajstić information content (AvgIpc) is 2.58. The van der Waals surface area contributed by atoms with Gasteiger partial charge in [0.2, 0.25) is 0 Å². The van der Waals surface area contributed by atoms with Crippen LogP contribution >= 0.6 is 12.2 Å². The Labute approximate surface area is 143 Å². The molecule has 8 heteroatoms. The van der Waals surface area contributed by atoms with Crippen molar-refractivity contribution in [3.63, 3.8) is 0 Å². The molecule has 0 saturated heterocycles. The number of H-pyrrole nitrogens is 1. The van der Waals surface area contributed by atoms with E-state index in [1.165, 1.54) is 11.7 Å². The number of carbonyl (C=O) groups is 2. The highest BCUT2D eigenvalue weighted by atomic mass is 32.1. The van der Waals surface area contributed by atoms with Gasteiger partial charge in [0.25, 0.3) is 11.5 Å². The lowest BCUT2D eigenvalue weighted by molar-refractivity contribution is -0.140. The van der Waals surface area contributed by atoms with Gasteiger partial charge in [-0.05, 0) is 43.3 Å². The van der Waals surface area contributed by atoms with Gasteiger partial charge in [0.05, 0.1) is 18.0 Å². The van der Waals surface area contributed by atoms with Gasteiger partial charge in [-0.1, -0.05) is 0 Å². The zero-order valence-electron chi connectivity index (χ0n) is 13.5. The molecule has 2 N–H and O–H groups in total. The Kier molecular flexibility index (Phi) is 5.86. The number of nitrogens with zero attached hydrogens (tertiary/aromatic N) is 1. The van der Waals surface area contributed by atoms with Crippen molar-refractivity contribution >= 4 is 35.0 Å². The van der Waals surface area contributed by atoms with E-state index in [2.05, 4.69) is 15.0 Å². The Bertz CT molecular complexity index is 885. The van der Waals surface area contributed by atoms with Crippen LogP contribution in [-0.4, -0.2) is 35.1 Å². The number of rotatable bonds is 6. The Hall–Kier alpha value is -2.48. The van der Waals surface area contributed by atoms with E-state index in [-0.39, 0.29) is 17.4 Å². The van der Waals surface area contributed by atoms with E-state index in [1.54, 1.807) is 25.2 Å². The molecule has 0 atom stereocenters. The van der Waals surface area contributed by atoms with Gasteiger partial charge >= 0.3 is 5.97 Å². The van der Waals surface area contributed by atoms with Crippen molar-refractivity contribution in [3.8, 4) is 0 Å². The third kappa shape index (κ3) is 4.08. The minimum atomic E-state index is -0.257. The summed E-state index contributed by atoms with van der Waals surface area (Å²) < 4.78 is 6.20. The van der Waals surface area contributed by atoms with Crippen molar-refractivity contribution in [2.45, 2.75) is 19.3 Å². The van der Waals surface area contributed by atoms with Gasteiger partial charge in [-0.3, -0.25) is 19.0 Å².